The fourth-order valence-corrected chi connectivity index (χ4v) is 4.36. The van der Waals surface area contributed by atoms with Gasteiger partial charge < -0.3 is 0 Å². The number of carbonyl (C=O) groups is 1. The number of benzene rings is 1. The normalized spacial score (nSPS) is 19.0. The number of amides is 1. The number of carbonyl (C=O) groups excluding carboxylic acids is 1. The highest BCUT2D eigenvalue weighted by molar-refractivity contribution is 7.89. The van der Waals surface area contributed by atoms with Crippen molar-refractivity contribution in [3.05, 3.63) is 29.8 Å². The molecule has 13 heteroatoms. The summed E-state index contributed by atoms with van der Waals surface area (Å²) in [5.41, 5.74) is -1.05. The van der Waals surface area contributed by atoms with E-state index < -0.39 is 38.5 Å². The van der Waals surface area contributed by atoms with Crippen molar-refractivity contribution >= 4 is 21.9 Å². The van der Waals surface area contributed by atoms with Crippen molar-refractivity contribution in [3.8, 4) is 0 Å². The zero-order valence-corrected chi connectivity index (χ0v) is 14.6. The SMILES string of the molecule is O=C(Nc1nnn[nH]1)[C@H]1CCCN(S(=O)(=O)c2cccc(C(F)(F)F)c2)C1. The molecular formula is C14H15F3N6O3S. The summed E-state index contributed by atoms with van der Waals surface area (Å²) >= 11 is 0. The van der Waals surface area contributed by atoms with E-state index in [0.29, 0.717) is 18.9 Å². The minimum atomic E-state index is -4.65. The van der Waals surface area contributed by atoms with Crippen LogP contribution in [0.4, 0.5) is 19.1 Å². The minimum absolute atomic E-state index is 0.0258. The van der Waals surface area contributed by atoms with E-state index in [4.69, 9.17) is 0 Å². The Balaban J connectivity index is 1.77. The topological polar surface area (TPSA) is 121 Å². The van der Waals surface area contributed by atoms with Gasteiger partial charge in [-0.3, -0.25) is 10.1 Å². The second kappa shape index (κ2) is 7.23. The predicted octanol–water partition coefficient (Wildman–Crippen LogP) is 1.26. The molecule has 0 unspecified atom stereocenters. The summed E-state index contributed by atoms with van der Waals surface area (Å²) in [6.07, 6.45) is -3.83. The molecule has 1 aromatic heterocycles. The number of anilines is 1. The van der Waals surface area contributed by atoms with Crippen LogP contribution in [0, 0.1) is 5.92 Å². The van der Waals surface area contributed by atoms with E-state index in [2.05, 4.69) is 25.9 Å². The maximum Gasteiger partial charge on any atom is 0.416 e. The molecule has 1 aliphatic heterocycles. The van der Waals surface area contributed by atoms with E-state index in [1.54, 1.807) is 0 Å². The number of H-pyrrole nitrogens is 1. The largest absolute Gasteiger partial charge is 0.416 e. The summed E-state index contributed by atoms with van der Waals surface area (Å²) in [7, 11) is -4.17. The zero-order chi connectivity index (χ0) is 19.7. The van der Waals surface area contributed by atoms with Gasteiger partial charge in [0.05, 0.1) is 16.4 Å². The van der Waals surface area contributed by atoms with Gasteiger partial charge >= 0.3 is 6.18 Å². The molecule has 3 rings (SSSR count). The third-order valence-corrected chi connectivity index (χ3v) is 6.00. The van der Waals surface area contributed by atoms with E-state index >= 15 is 0 Å². The Morgan fingerprint density at radius 2 is 2.11 bits per heavy atom. The number of hydrogen-bond acceptors (Lipinski definition) is 6. The lowest BCUT2D eigenvalue weighted by Gasteiger charge is -2.31. The van der Waals surface area contributed by atoms with Crippen molar-refractivity contribution in [2.24, 2.45) is 5.92 Å². The highest BCUT2D eigenvalue weighted by Gasteiger charge is 2.36. The molecule has 1 aromatic carbocycles. The summed E-state index contributed by atoms with van der Waals surface area (Å²) < 4.78 is 65.1. The number of aromatic nitrogens is 4. The molecule has 9 nitrogen and oxygen atoms in total. The summed E-state index contributed by atoms with van der Waals surface area (Å²) in [4.78, 5) is 11.8. The van der Waals surface area contributed by atoms with Gasteiger partial charge in [0.15, 0.2) is 0 Å². The molecule has 1 atom stereocenters. The number of tetrazole rings is 1. The second-order valence-electron chi connectivity index (χ2n) is 5.97. The number of nitrogens with one attached hydrogen (secondary N) is 2. The van der Waals surface area contributed by atoms with E-state index in [1.165, 1.54) is 0 Å². The third kappa shape index (κ3) is 4.24. The molecule has 1 saturated heterocycles. The molecule has 2 heterocycles. The molecule has 0 spiro atoms. The number of sulfonamides is 1. The number of piperidine rings is 1. The first-order valence-electron chi connectivity index (χ1n) is 7.90. The predicted molar refractivity (Wildman–Crippen MR) is 85.7 cm³/mol. The monoisotopic (exact) mass is 404 g/mol. The Kier molecular flexibility index (Phi) is 5.15. The first-order valence-corrected chi connectivity index (χ1v) is 9.34. The first kappa shape index (κ1) is 19.2. The van der Waals surface area contributed by atoms with E-state index in [-0.39, 0.29) is 19.0 Å². The number of nitrogens with zero attached hydrogens (tertiary/aromatic N) is 4. The van der Waals surface area contributed by atoms with Crippen molar-refractivity contribution in [1.29, 1.82) is 0 Å². The lowest BCUT2D eigenvalue weighted by atomic mass is 9.99. The van der Waals surface area contributed by atoms with Crippen LogP contribution in [0.25, 0.3) is 0 Å². The fraction of sp³-hybridized carbons (Fsp3) is 0.429. The van der Waals surface area contributed by atoms with Crippen LogP contribution in [0.2, 0.25) is 0 Å². The van der Waals surface area contributed by atoms with Crippen LogP contribution in [0.5, 0.6) is 0 Å². The second-order valence-corrected chi connectivity index (χ2v) is 7.90. The molecule has 0 bridgehead atoms. The molecule has 2 N–H and O–H groups in total. The zero-order valence-electron chi connectivity index (χ0n) is 13.8. The lowest BCUT2D eigenvalue weighted by molar-refractivity contribution is -0.137. The van der Waals surface area contributed by atoms with Gasteiger partial charge in [-0.1, -0.05) is 11.2 Å². The molecule has 1 aliphatic rings. The van der Waals surface area contributed by atoms with Gasteiger partial charge in [-0.15, -0.1) is 0 Å². The van der Waals surface area contributed by atoms with Gasteiger partial charge in [-0.25, -0.2) is 13.5 Å². The van der Waals surface area contributed by atoms with Crippen molar-refractivity contribution in [2.45, 2.75) is 23.9 Å². The van der Waals surface area contributed by atoms with Gasteiger partial charge in [-0.2, -0.15) is 17.5 Å². The average Bonchev–Trinajstić information content (AvgIpc) is 3.14. The Morgan fingerprint density at radius 3 is 2.78 bits per heavy atom. The molecule has 0 aliphatic carbocycles. The summed E-state index contributed by atoms with van der Waals surface area (Å²) in [6.45, 7) is -0.0296. The maximum absolute atomic E-state index is 12.9. The Hall–Kier alpha value is -2.54. The van der Waals surface area contributed by atoms with Crippen molar-refractivity contribution in [3.63, 3.8) is 0 Å². The Bertz CT molecular complexity index is 916. The number of alkyl halides is 3. The number of hydrogen-bond donors (Lipinski definition) is 2. The van der Waals surface area contributed by atoms with Crippen molar-refractivity contribution in [1.82, 2.24) is 24.9 Å². The molecule has 1 fully saturated rings. The van der Waals surface area contributed by atoms with Crippen LogP contribution < -0.4 is 5.32 Å². The molecule has 0 radical (unpaired) electrons. The van der Waals surface area contributed by atoms with Gasteiger partial charge in [0.25, 0.3) is 0 Å². The highest BCUT2D eigenvalue weighted by atomic mass is 32.2. The Labute approximate surface area is 152 Å². The van der Waals surface area contributed by atoms with Crippen LogP contribution in [-0.4, -0.2) is 52.3 Å². The third-order valence-electron chi connectivity index (χ3n) is 4.14. The summed E-state index contributed by atoms with van der Waals surface area (Å²) in [5.74, 6) is -1.13. The molecule has 1 amide bonds. The van der Waals surface area contributed by atoms with Crippen molar-refractivity contribution in [2.75, 3.05) is 18.4 Å². The van der Waals surface area contributed by atoms with Gasteiger partial charge in [0, 0.05) is 13.1 Å². The van der Waals surface area contributed by atoms with Gasteiger partial charge in [0.2, 0.25) is 21.9 Å². The summed E-state index contributed by atoms with van der Waals surface area (Å²) in [6, 6.07) is 3.55. The lowest BCUT2D eigenvalue weighted by Crippen LogP contribution is -2.43. The molecule has 2 aromatic rings. The minimum Gasteiger partial charge on any atom is -0.293 e. The van der Waals surface area contributed by atoms with Crippen LogP contribution in [0.3, 0.4) is 0 Å². The smallest absolute Gasteiger partial charge is 0.293 e. The van der Waals surface area contributed by atoms with Crippen LogP contribution in [0.1, 0.15) is 18.4 Å². The number of halogens is 3. The quantitative estimate of drug-likeness (QED) is 0.791. The van der Waals surface area contributed by atoms with Crippen LogP contribution >= 0.6 is 0 Å². The maximum atomic E-state index is 12.9. The molecular weight excluding hydrogens is 389 g/mol. The van der Waals surface area contributed by atoms with Crippen molar-refractivity contribution < 1.29 is 26.4 Å². The highest BCUT2D eigenvalue weighted by Crippen LogP contribution is 2.32. The standard InChI is InChI=1S/C14H15F3N6O3S/c15-14(16,17)10-4-1-5-11(7-10)27(25,26)23-6-2-3-9(8-23)12(24)18-13-19-21-22-20-13/h1,4-5,7,9H,2-3,6,8H2,(H2,18,19,20,21,22,24)/t9-/m0/s1. The van der Waals surface area contributed by atoms with Crippen LogP contribution in [0.15, 0.2) is 29.2 Å². The van der Waals surface area contributed by atoms with Gasteiger partial charge in [-0.05, 0) is 41.5 Å². The molecule has 0 saturated carbocycles. The van der Waals surface area contributed by atoms with E-state index in [0.717, 1.165) is 22.5 Å². The molecule has 146 valence electrons. The Morgan fingerprint density at radius 1 is 1.33 bits per heavy atom. The number of rotatable bonds is 4. The van der Waals surface area contributed by atoms with E-state index in [1.807, 2.05) is 0 Å². The molecule has 27 heavy (non-hydrogen) atoms. The first-order chi connectivity index (χ1) is 12.7. The number of aromatic amines is 1. The van der Waals surface area contributed by atoms with Crippen LogP contribution in [-0.2, 0) is 21.0 Å². The van der Waals surface area contributed by atoms with E-state index in [9.17, 15) is 26.4 Å². The average molecular weight is 404 g/mol. The van der Waals surface area contributed by atoms with Gasteiger partial charge in [0.1, 0.15) is 0 Å². The summed E-state index contributed by atoms with van der Waals surface area (Å²) in [5, 5.41) is 14.9. The fourth-order valence-electron chi connectivity index (χ4n) is 2.79.